The van der Waals surface area contributed by atoms with Gasteiger partial charge in [-0.3, -0.25) is 9.69 Å². The Morgan fingerprint density at radius 2 is 1.85 bits per heavy atom. The average molecular weight is 360 g/mol. The fourth-order valence-electron chi connectivity index (χ4n) is 3.35. The molecule has 0 N–H and O–H groups in total. The van der Waals surface area contributed by atoms with E-state index in [1.54, 1.807) is 20.8 Å². The van der Waals surface area contributed by atoms with Crippen molar-refractivity contribution in [3.63, 3.8) is 0 Å². The monoisotopic (exact) mass is 360 g/mol. The van der Waals surface area contributed by atoms with E-state index in [1.807, 2.05) is 30.3 Å². The van der Waals surface area contributed by atoms with Gasteiger partial charge in [0.15, 0.2) is 0 Å². The molecule has 2 heterocycles. The van der Waals surface area contributed by atoms with E-state index in [4.69, 9.17) is 9.47 Å². The van der Waals surface area contributed by atoms with Crippen molar-refractivity contribution in [3.05, 3.63) is 35.9 Å². The fraction of sp³-hybridized carbons (Fsp3) is 0.526. The normalized spacial score (nSPS) is 22.3. The summed E-state index contributed by atoms with van der Waals surface area (Å²) in [5.41, 5.74) is -0.765. The molecule has 2 aliphatic rings. The summed E-state index contributed by atoms with van der Waals surface area (Å²) in [6.07, 6.45) is 0.0427. The van der Waals surface area contributed by atoms with Crippen LogP contribution in [0, 0.1) is 0 Å². The largest absolute Gasteiger partial charge is 0.445 e. The molecule has 140 valence electrons. The molecule has 7 nitrogen and oxygen atoms in total. The van der Waals surface area contributed by atoms with Crippen molar-refractivity contribution in [1.29, 1.82) is 0 Å². The number of β-lactam (4-membered cyclic amide) rings is 1. The molecule has 1 aromatic carbocycles. The Kier molecular flexibility index (Phi) is 4.64. The molecule has 2 aliphatic heterocycles. The van der Waals surface area contributed by atoms with Gasteiger partial charge in [-0.15, -0.1) is 0 Å². The van der Waals surface area contributed by atoms with Crippen LogP contribution in [-0.4, -0.2) is 52.1 Å². The number of nitrogens with zero attached hydrogens (tertiary/aromatic N) is 2. The number of imide groups is 1. The highest BCUT2D eigenvalue weighted by Crippen LogP contribution is 2.40. The predicted molar refractivity (Wildman–Crippen MR) is 93.2 cm³/mol. The van der Waals surface area contributed by atoms with Crippen LogP contribution in [0.5, 0.6) is 0 Å². The van der Waals surface area contributed by atoms with E-state index >= 15 is 0 Å². The number of ether oxygens (including phenoxy) is 2. The maximum atomic E-state index is 12.7. The van der Waals surface area contributed by atoms with Gasteiger partial charge in [0.05, 0.1) is 6.54 Å². The Morgan fingerprint density at radius 1 is 1.15 bits per heavy atom. The number of benzene rings is 1. The van der Waals surface area contributed by atoms with Gasteiger partial charge < -0.3 is 9.47 Å². The Labute approximate surface area is 152 Å². The Bertz CT molecular complexity index is 712. The van der Waals surface area contributed by atoms with Crippen molar-refractivity contribution >= 4 is 18.1 Å². The van der Waals surface area contributed by atoms with Crippen molar-refractivity contribution < 1.29 is 23.9 Å². The second kappa shape index (κ2) is 6.63. The molecule has 1 spiro atoms. The van der Waals surface area contributed by atoms with Gasteiger partial charge in [0, 0.05) is 6.54 Å². The van der Waals surface area contributed by atoms with Gasteiger partial charge in [-0.05, 0) is 39.2 Å². The van der Waals surface area contributed by atoms with E-state index in [2.05, 4.69) is 0 Å². The summed E-state index contributed by atoms with van der Waals surface area (Å²) in [5.74, 6) is -0.388. The van der Waals surface area contributed by atoms with Crippen LogP contribution in [0.2, 0.25) is 0 Å². The molecule has 2 saturated heterocycles. The first-order chi connectivity index (χ1) is 12.2. The van der Waals surface area contributed by atoms with Crippen molar-refractivity contribution in [3.8, 4) is 0 Å². The molecule has 3 amide bonds. The molecule has 7 heteroatoms. The van der Waals surface area contributed by atoms with Crippen LogP contribution < -0.4 is 0 Å². The smallest absolute Gasteiger partial charge is 0.417 e. The van der Waals surface area contributed by atoms with E-state index in [1.165, 1.54) is 4.90 Å². The molecular formula is C19H24N2O5. The zero-order valence-electron chi connectivity index (χ0n) is 15.4. The van der Waals surface area contributed by atoms with Crippen molar-refractivity contribution in [2.75, 3.05) is 13.1 Å². The number of hydrogen-bond acceptors (Lipinski definition) is 5. The number of carbonyl (C=O) groups is 3. The first-order valence-electron chi connectivity index (χ1n) is 8.76. The summed E-state index contributed by atoms with van der Waals surface area (Å²) in [6, 6.07) is 9.36. The molecule has 0 saturated carbocycles. The molecule has 1 atom stereocenters. The number of rotatable bonds is 2. The molecule has 3 rings (SSSR count). The number of carbonyl (C=O) groups excluding carboxylic acids is 3. The van der Waals surface area contributed by atoms with E-state index in [-0.39, 0.29) is 19.1 Å². The minimum atomic E-state index is -0.968. The standard InChI is InChI=1S/C19H24N2O5/c1-18(2,3)26-16(23)20-13-19(15(20)22)10-7-11-21(19)17(24)25-12-14-8-5-4-6-9-14/h4-6,8-9H,7,10-13H2,1-3H3/t19-/m1/s1. The van der Waals surface area contributed by atoms with Crippen molar-refractivity contribution in [2.24, 2.45) is 0 Å². The third kappa shape index (κ3) is 3.38. The molecule has 2 fully saturated rings. The Balaban J connectivity index is 1.62. The van der Waals surface area contributed by atoms with Gasteiger partial charge in [0.2, 0.25) is 0 Å². The predicted octanol–water partition coefficient (Wildman–Crippen LogP) is 2.94. The van der Waals surface area contributed by atoms with E-state index in [9.17, 15) is 14.4 Å². The van der Waals surface area contributed by atoms with Crippen LogP contribution in [0.15, 0.2) is 30.3 Å². The van der Waals surface area contributed by atoms with Gasteiger partial charge in [-0.2, -0.15) is 0 Å². The van der Waals surface area contributed by atoms with Gasteiger partial charge in [-0.25, -0.2) is 14.5 Å². The first-order valence-corrected chi connectivity index (χ1v) is 8.76. The topological polar surface area (TPSA) is 76.2 Å². The van der Waals surface area contributed by atoms with E-state index in [0.717, 1.165) is 10.5 Å². The lowest BCUT2D eigenvalue weighted by Gasteiger charge is -2.49. The second-order valence-corrected chi connectivity index (χ2v) is 7.70. The van der Waals surface area contributed by atoms with Crippen LogP contribution in [0.1, 0.15) is 39.2 Å². The lowest BCUT2D eigenvalue weighted by Crippen LogP contribution is -2.74. The lowest BCUT2D eigenvalue weighted by molar-refractivity contribution is -0.157. The number of hydrogen-bond donors (Lipinski definition) is 0. The summed E-state index contributed by atoms with van der Waals surface area (Å²) in [6.45, 7) is 5.98. The second-order valence-electron chi connectivity index (χ2n) is 7.70. The number of amides is 3. The van der Waals surface area contributed by atoms with E-state index in [0.29, 0.717) is 19.4 Å². The first kappa shape index (κ1) is 18.2. The Hall–Kier alpha value is -2.57. The van der Waals surface area contributed by atoms with Gasteiger partial charge in [0.1, 0.15) is 17.7 Å². The summed E-state index contributed by atoms with van der Waals surface area (Å²) in [4.78, 5) is 39.8. The minimum absolute atomic E-state index is 0.149. The van der Waals surface area contributed by atoms with Crippen LogP contribution in [0.25, 0.3) is 0 Å². The zero-order chi connectivity index (χ0) is 18.9. The minimum Gasteiger partial charge on any atom is -0.445 e. The molecule has 1 aromatic rings. The highest BCUT2D eigenvalue weighted by atomic mass is 16.6. The third-order valence-corrected chi connectivity index (χ3v) is 4.59. The quantitative estimate of drug-likeness (QED) is 0.758. The molecule has 0 aromatic heterocycles. The maximum Gasteiger partial charge on any atom is 0.417 e. The lowest BCUT2D eigenvalue weighted by atomic mass is 9.86. The number of likely N-dealkylation sites (tertiary alicyclic amines) is 2. The Morgan fingerprint density at radius 3 is 2.46 bits per heavy atom. The maximum absolute atomic E-state index is 12.7. The fourth-order valence-corrected chi connectivity index (χ4v) is 3.35. The van der Waals surface area contributed by atoms with Gasteiger partial charge in [-0.1, -0.05) is 30.3 Å². The van der Waals surface area contributed by atoms with Crippen molar-refractivity contribution in [2.45, 2.75) is 51.4 Å². The molecule has 0 unspecified atom stereocenters. The van der Waals surface area contributed by atoms with Gasteiger partial charge in [0.25, 0.3) is 5.91 Å². The summed E-state index contributed by atoms with van der Waals surface area (Å²) in [5, 5.41) is 0. The molecular weight excluding hydrogens is 336 g/mol. The molecule has 0 aliphatic carbocycles. The van der Waals surface area contributed by atoms with Crippen LogP contribution in [-0.2, 0) is 20.9 Å². The van der Waals surface area contributed by atoms with E-state index < -0.39 is 23.3 Å². The molecule has 0 bridgehead atoms. The summed E-state index contributed by atoms with van der Waals surface area (Å²) >= 11 is 0. The van der Waals surface area contributed by atoms with Crippen LogP contribution in [0.4, 0.5) is 9.59 Å². The highest BCUT2D eigenvalue weighted by Gasteiger charge is 2.62. The van der Waals surface area contributed by atoms with Crippen molar-refractivity contribution in [1.82, 2.24) is 9.80 Å². The summed E-state index contributed by atoms with van der Waals surface area (Å²) in [7, 11) is 0. The van der Waals surface area contributed by atoms with Crippen LogP contribution in [0.3, 0.4) is 0 Å². The molecule has 26 heavy (non-hydrogen) atoms. The molecule has 0 radical (unpaired) electrons. The highest BCUT2D eigenvalue weighted by molar-refractivity contribution is 6.05. The zero-order valence-corrected chi connectivity index (χ0v) is 15.4. The summed E-state index contributed by atoms with van der Waals surface area (Å²) < 4.78 is 10.6. The SMILES string of the molecule is CC(C)(C)OC(=O)N1C[C@]2(CCCN2C(=O)OCc2ccccc2)C1=O. The average Bonchev–Trinajstić information content (AvgIpc) is 3.03. The third-order valence-electron chi connectivity index (χ3n) is 4.59. The van der Waals surface area contributed by atoms with Crippen LogP contribution >= 0.6 is 0 Å². The van der Waals surface area contributed by atoms with Gasteiger partial charge >= 0.3 is 12.2 Å².